The topological polar surface area (TPSA) is 0 Å². The van der Waals surface area contributed by atoms with Gasteiger partial charge in [-0.1, -0.05) is 0 Å². The summed E-state index contributed by atoms with van der Waals surface area (Å²) >= 11 is 14.4. The molecule has 2 aliphatic rings. The molecule has 2 fully saturated rings. The van der Waals surface area contributed by atoms with Crippen LogP contribution in [0.15, 0.2) is 0 Å². The number of fused-ring (bicyclic) bond motifs is 2. The van der Waals surface area contributed by atoms with Crippen LogP contribution in [0.2, 0.25) is 0 Å². The minimum atomic E-state index is 0.417. The standard InChI is InChI=1S/C8H12Cl2S/c9-5-1-3-7-6(10)2-4-8(5)11-7/h5-8H,1-4H2/t5-,6-,7-,8-/m1/s1. The molecule has 2 bridgehead atoms. The van der Waals surface area contributed by atoms with E-state index >= 15 is 0 Å². The molecule has 0 aromatic rings. The van der Waals surface area contributed by atoms with E-state index in [2.05, 4.69) is 0 Å². The van der Waals surface area contributed by atoms with Gasteiger partial charge in [0.15, 0.2) is 0 Å². The lowest BCUT2D eigenvalue weighted by Gasteiger charge is -2.39. The summed E-state index contributed by atoms with van der Waals surface area (Å²) in [6.45, 7) is 0. The predicted octanol–water partition coefficient (Wildman–Crippen LogP) is 3.26. The van der Waals surface area contributed by atoms with Gasteiger partial charge in [0.2, 0.25) is 0 Å². The van der Waals surface area contributed by atoms with Crippen molar-refractivity contribution < 1.29 is 0 Å². The van der Waals surface area contributed by atoms with Crippen LogP contribution >= 0.6 is 35.0 Å². The molecule has 11 heavy (non-hydrogen) atoms. The van der Waals surface area contributed by atoms with Gasteiger partial charge in [-0.3, -0.25) is 0 Å². The van der Waals surface area contributed by atoms with Crippen molar-refractivity contribution in [2.45, 2.75) is 46.9 Å². The summed E-state index contributed by atoms with van der Waals surface area (Å²) in [6.07, 6.45) is 4.80. The summed E-state index contributed by atoms with van der Waals surface area (Å²) in [7, 11) is 0. The molecule has 64 valence electrons. The van der Waals surface area contributed by atoms with Gasteiger partial charge in [0.05, 0.1) is 0 Å². The Kier molecular flexibility index (Phi) is 2.60. The van der Waals surface area contributed by atoms with E-state index in [1.54, 1.807) is 0 Å². The van der Waals surface area contributed by atoms with E-state index in [-0.39, 0.29) is 0 Å². The minimum Gasteiger partial charge on any atom is -0.152 e. The van der Waals surface area contributed by atoms with E-state index in [0.29, 0.717) is 21.3 Å². The number of hydrogen-bond donors (Lipinski definition) is 0. The number of rotatable bonds is 0. The van der Waals surface area contributed by atoms with Gasteiger partial charge in [-0.2, -0.15) is 11.8 Å². The monoisotopic (exact) mass is 210 g/mol. The zero-order valence-corrected chi connectivity index (χ0v) is 8.63. The summed E-state index contributed by atoms with van der Waals surface area (Å²) in [4.78, 5) is 0. The highest BCUT2D eigenvalue weighted by molar-refractivity contribution is 8.00. The number of hydrogen-bond acceptors (Lipinski definition) is 1. The Labute approximate surface area is 82.0 Å². The normalized spacial score (nSPS) is 50.7. The van der Waals surface area contributed by atoms with Gasteiger partial charge in [-0.15, -0.1) is 23.2 Å². The SMILES string of the molecule is Cl[C@@H]1CC[C@H]2S[C@@H]1CC[C@H]2Cl. The third-order valence-corrected chi connectivity index (χ3v) is 5.78. The number of alkyl halides is 2. The van der Waals surface area contributed by atoms with Crippen LogP contribution < -0.4 is 0 Å². The van der Waals surface area contributed by atoms with Gasteiger partial charge in [0.25, 0.3) is 0 Å². The molecule has 2 rings (SSSR count). The Hall–Kier alpha value is 0.930. The maximum atomic E-state index is 6.17. The molecule has 0 saturated carbocycles. The Bertz CT molecular complexity index is 135. The zero-order valence-electron chi connectivity index (χ0n) is 6.30. The third kappa shape index (κ3) is 1.66. The number of thioether (sulfide) groups is 1. The van der Waals surface area contributed by atoms with Crippen molar-refractivity contribution in [3.05, 3.63) is 0 Å². The van der Waals surface area contributed by atoms with Crippen LogP contribution in [0.3, 0.4) is 0 Å². The highest BCUT2D eigenvalue weighted by atomic mass is 35.5. The first-order chi connectivity index (χ1) is 5.27. The van der Waals surface area contributed by atoms with E-state index in [4.69, 9.17) is 23.2 Å². The Morgan fingerprint density at radius 3 is 1.73 bits per heavy atom. The molecular formula is C8H12Cl2S. The fourth-order valence-electron chi connectivity index (χ4n) is 1.91. The van der Waals surface area contributed by atoms with Gasteiger partial charge in [0, 0.05) is 21.3 Å². The summed E-state index contributed by atoms with van der Waals surface area (Å²) in [6, 6.07) is 0. The molecule has 2 saturated heterocycles. The fraction of sp³-hybridized carbons (Fsp3) is 1.00. The second-order valence-corrected chi connectivity index (χ2v) is 6.00. The van der Waals surface area contributed by atoms with Gasteiger partial charge in [0.1, 0.15) is 0 Å². The number of halogens is 2. The third-order valence-electron chi connectivity index (χ3n) is 2.61. The second-order valence-electron chi connectivity index (χ2n) is 3.40. The van der Waals surface area contributed by atoms with E-state index < -0.39 is 0 Å². The van der Waals surface area contributed by atoms with Crippen LogP contribution in [0.4, 0.5) is 0 Å². The molecule has 0 nitrogen and oxygen atoms in total. The second kappa shape index (κ2) is 3.35. The zero-order chi connectivity index (χ0) is 7.84. The fourth-order valence-corrected chi connectivity index (χ4v) is 4.38. The minimum absolute atomic E-state index is 0.417. The molecule has 0 spiro atoms. The lowest BCUT2D eigenvalue weighted by molar-refractivity contribution is 0.501. The van der Waals surface area contributed by atoms with Crippen LogP contribution in [-0.4, -0.2) is 21.3 Å². The highest BCUT2D eigenvalue weighted by Crippen LogP contribution is 2.45. The molecule has 0 aromatic heterocycles. The molecule has 0 unspecified atom stereocenters. The quantitative estimate of drug-likeness (QED) is 0.554. The molecule has 0 radical (unpaired) electrons. The summed E-state index contributed by atoms with van der Waals surface area (Å²) in [5.74, 6) is 0. The van der Waals surface area contributed by atoms with Crippen molar-refractivity contribution in [3.8, 4) is 0 Å². The lowest BCUT2D eigenvalue weighted by Crippen LogP contribution is -2.37. The largest absolute Gasteiger partial charge is 0.152 e. The van der Waals surface area contributed by atoms with Crippen LogP contribution in [0.5, 0.6) is 0 Å². The first-order valence-electron chi connectivity index (χ1n) is 4.21. The Morgan fingerprint density at radius 1 is 0.818 bits per heavy atom. The maximum Gasteiger partial charge on any atom is 0.0455 e. The lowest BCUT2D eigenvalue weighted by atomic mass is 9.98. The summed E-state index contributed by atoms with van der Waals surface area (Å²) < 4.78 is 0. The van der Waals surface area contributed by atoms with E-state index in [1.165, 1.54) is 25.7 Å². The molecule has 0 amide bonds. The van der Waals surface area contributed by atoms with Gasteiger partial charge >= 0.3 is 0 Å². The Morgan fingerprint density at radius 2 is 1.27 bits per heavy atom. The van der Waals surface area contributed by atoms with Gasteiger partial charge in [-0.05, 0) is 25.7 Å². The molecule has 3 heteroatoms. The average Bonchev–Trinajstić information content (AvgIpc) is 2.02. The molecule has 4 atom stereocenters. The van der Waals surface area contributed by atoms with Gasteiger partial charge in [-0.25, -0.2) is 0 Å². The molecule has 0 aliphatic carbocycles. The molecular weight excluding hydrogens is 199 g/mol. The van der Waals surface area contributed by atoms with Gasteiger partial charge < -0.3 is 0 Å². The van der Waals surface area contributed by atoms with Crippen molar-refractivity contribution in [3.63, 3.8) is 0 Å². The van der Waals surface area contributed by atoms with E-state index in [9.17, 15) is 0 Å². The summed E-state index contributed by atoms with van der Waals surface area (Å²) in [5, 5.41) is 2.23. The van der Waals surface area contributed by atoms with Crippen molar-refractivity contribution in [1.82, 2.24) is 0 Å². The first kappa shape index (κ1) is 8.52. The smallest absolute Gasteiger partial charge is 0.0455 e. The van der Waals surface area contributed by atoms with Crippen LogP contribution in [-0.2, 0) is 0 Å². The molecule has 0 N–H and O–H groups in total. The predicted molar refractivity (Wildman–Crippen MR) is 52.9 cm³/mol. The molecule has 0 aromatic carbocycles. The van der Waals surface area contributed by atoms with E-state index in [1.807, 2.05) is 11.8 Å². The van der Waals surface area contributed by atoms with Crippen LogP contribution in [0, 0.1) is 0 Å². The van der Waals surface area contributed by atoms with Crippen molar-refractivity contribution in [1.29, 1.82) is 0 Å². The highest BCUT2D eigenvalue weighted by Gasteiger charge is 2.37. The average molecular weight is 211 g/mol. The van der Waals surface area contributed by atoms with Crippen molar-refractivity contribution >= 4 is 35.0 Å². The molecule has 2 aliphatic heterocycles. The molecule has 2 heterocycles. The van der Waals surface area contributed by atoms with Crippen LogP contribution in [0.25, 0.3) is 0 Å². The first-order valence-corrected chi connectivity index (χ1v) is 6.02. The van der Waals surface area contributed by atoms with Crippen LogP contribution in [0.1, 0.15) is 25.7 Å². The van der Waals surface area contributed by atoms with Crippen molar-refractivity contribution in [2.24, 2.45) is 0 Å². The van der Waals surface area contributed by atoms with E-state index in [0.717, 1.165) is 0 Å². The summed E-state index contributed by atoms with van der Waals surface area (Å²) in [5.41, 5.74) is 0. The Balaban J connectivity index is 2.02. The maximum absolute atomic E-state index is 6.17. The van der Waals surface area contributed by atoms with Crippen molar-refractivity contribution in [2.75, 3.05) is 0 Å².